The number of hydrogen-bond donors (Lipinski definition) is 2. The average Bonchev–Trinajstić information content (AvgIpc) is 3.09. The Kier molecular flexibility index (Phi) is 4.48. The highest BCUT2D eigenvalue weighted by Crippen LogP contribution is 2.38. The molecule has 24 heavy (non-hydrogen) atoms. The number of carboxylic acid groups (broad SMARTS) is 2. The topological polar surface area (TPSA) is 77.8 Å². The molecular weight excluding hydrogens is 326 g/mol. The molecule has 0 spiro atoms. The highest BCUT2D eigenvalue weighted by Gasteiger charge is 2.34. The maximum absolute atomic E-state index is 11.7. The van der Waals surface area contributed by atoms with Crippen molar-refractivity contribution in [1.82, 2.24) is 4.90 Å². The summed E-state index contributed by atoms with van der Waals surface area (Å²) in [5.74, 6) is -2.98. The van der Waals surface area contributed by atoms with Gasteiger partial charge in [0.05, 0.1) is 17.1 Å². The summed E-state index contributed by atoms with van der Waals surface area (Å²) in [6.07, 6.45) is 3.04. The molecule has 0 saturated heterocycles. The molecule has 0 atom stereocenters. The van der Waals surface area contributed by atoms with Crippen molar-refractivity contribution in [3.05, 3.63) is 81.8 Å². The molecule has 6 heteroatoms. The van der Waals surface area contributed by atoms with E-state index in [9.17, 15) is 19.8 Å². The van der Waals surface area contributed by atoms with E-state index in [-0.39, 0.29) is 11.1 Å². The van der Waals surface area contributed by atoms with Gasteiger partial charge in [-0.15, -0.1) is 11.3 Å². The van der Waals surface area contributed by atoms with E-state index < -0.39 is 17.9 Å². The van der Waals surface area contributed by atoms with Gasteiger partial charge < -0.3 is 15.1 Å². The van der Waals surface area contributed by atoms with Gasteiger partial charge in [-0.25, -0.2) is 9.59 Å². The van der Waals surface area contributed by atoms with E-state index in [1.807, 2.05) is 35.7 Å². The number of hydrogen-bond acceptors (Lipinski definition) is 4. The second kappa shape index (κ2) is 6.72. The third kappa shape index (κ3) is 3.23. The first-order valence-electron chi connectivity index (χ1n) is 7.29. The molecule has 2 N–H and O–H groups in total. The first kappa shape index (κ1) is 16.0. The fraction of sp³-hybridized carbons (Fsp3) is 0.111. The molecular formula is C18H15NO4S. The number of thiophene rings is 1. The van der Waals surface area contributed by atoms with Crippen LogP contribution in [0.1, 0.15) is 16.4 Å². The third-order valence-corrected chi connectivity index (χ3v) is 4.70. The van der Waals surface area contributed by atoms with Crippen molar-refractivity contribution in [3.63, 3.8) is 0 Å². The Balaban J connectivity index is 2.01. The summed E-state index contributed by atoms with van der Waals surface area (Å²) in [5.41, 5.74) is 1.09. The molecule has 2 aromatic rings. The molecule has 1 aliphatic rings. The molecule has 3 rings (SSSR count). The van der Waals surface area contributed by atoms with Crippen LogP contribution >= 0.6 is 11.3 Å². The van der Waals surface area contributed by atoms with Crippen molar-refractivity contribution in [2.45, 2.75) is 12.5 Å². The van der Waals surface area contributed by atoms with Crippen LogP contribution in [0.25, 0.3) is 0 Å². The highest BCUT2D eigenvalue weighted by atomic mass is 32.1. The molecule has 0 saturated carbocycles. The summed E-state index contributed by atoms with van der Waals surface area (Å²) < 4.78 is 0. The van der Waals surface area contributed by atoms with E-state index in [2.05, 4.69) is 0 Å². The highest BCUT2D eigenvalue weighted by molar-refractivity contribution is 7.10. The van der Waals surface area contributed by atoms with Gasteiger partial charge in [0.15, 0.2) is 0 Å². The van der Waals surface area contributed by atoms with Crippen molar-refractivity contribution in [1.29, 1.82) is 0 Å². The van der Waals surface area contributed by atoms with Gasteiger partial charge in [0.2, 0.25) is 0 Å². The number of nitrogens with zero attached hydrogens (tertiary/aromatic N) is 1. The van der Waals surface area contributed by atoms with E-state index >= 15 is 0 Å². The lowest BCUT2D eigenvalue weighted by Gasteiger charge is -2.28. The predicted octanol–water partition coefficient (Wildman–Crippen LogP) is 3.28. The fourth-order valence-corrected chi connectivity index (χ4v) is 3.58. The Morgan fingerprint density at radius 1 is 0.958 bits per heavy atom. The van der Waals surface area contributed by atoms with Gasteiger partial charge in [0.1, 0.15) is 0 Å². The van der Waals surface area contributed by atoms with Crippen molar-refractivity contribution in [2.75, 3.05) is 0 Å². The number of aliphatic carboxylic acids is 2. The quantitative estimate of drug-likeness (QED) is 0.872. The zero-order valence-electron chi connectivity index (χ0n) is 12.6. The van der Waals surface area contributed by atoms with Gasteiger partial charge in [-0.2, -0.15) is 0 Å². The van der Waals surface area contributed by atoms with Crippen LogP contribution in [0.5, 0.6) is 0 Å². The van der Waals surface area contributed by atoms with E-state index in [1.165, 1.54) is 23.7 Å². The predicted molar refractivity (Wildman–Crippen MR) is 90.5 cm³/mol. The van der Waals surface area contributed by atoms with Crippen LogP contribution in [0.3, 0.4) is 0 Å². The second-order valence-corrected chi connectivity index (χ2v) is 6.36. The van der Waals surface area contributed by atoms with Crippen LogP contribution in [-0.2, 0) is 16.1 Å². The molecule has 0 bridgehead atoms. The van der Waals surface area contributed by atoms with Gasteiger partial charge in [0, 0.05) is 23.8 Å². The van der Waals surface area contributed by atoms with Crippen molar-refractivity contribution in [2.24, 2.45) is 0 Å². The minimum atomic E-state index is -1.11. The van der Waals surface area contributed by atoms with Gasteiger partial charge in [0.25, 0.3) is 0 Å². The SMILES string of the molecule is O=C(O)C1=CN(Cc2ccccc2)C=C(C(=O)O)C1c1cccs1. The van der Waals surface area contributed by atoms with Crippen molar-refractivity contribution < 1.29 is 19.8 Å². The van der Waals surface area contributed by atoms with Crippen LogP contribution in [0.15, 0.2) is 71.4 Å². The lowest BCUT2D eigenvalue weighted by molar-refractivity contribution is -0.133. The minimum Gasteiger partial charge on any atom is -0.478 e. The smallest absolute Gasteiger partial charge is 0.334 e. The minimum absolute atomic E-state index is 0.0632. The first-order chi connectivity index (χ1) is 11.6. The standard InChI is InChI=1S/C18H15NO4S/c20-17(21)13-10-19(9-12-5-2-1-3-6-12)11-14(18(22)23)16(13)15-7-4-8-24-15/h1-8,10-11,16H,9H2,(H,20,21)(H,22,23). The first-order valence-corrected chi connectivity index (χ1v) is 8.17. The molecule has 1 aromatic carbocycles. The summed E-state index contributed by atoms with van der Waals surface area (Å²) in [5, 5.41) is 21.0. The van der Waals surface area contributed by atoms with Gasteiger partial charge in [-0.1, -0.05) is 36.4 Å². The maximum atomic E-state index is 11.7. The van der Waals surface area contributed by atoms with Gasteiger partial charge >= 0.3 is 11.9 Å². The van der Waals surface area contributed by atoms with Crippen LogP contribution in [0.2, 0.25) is 0 Å². The van der Waals surface area contributed by atoms with Crippen LogP contribution in [0, 0.1) is 0 Å². The second-order valence-electron chi connectivity index (χ2n) is 5.39. The Bertz CT molecular complexity index is 777. The summed E-state index contributed by atoms with van der Waals surface area (Å²) in [6, 6.07) is 13.0. The molecule has 0 fully saturated rings. The number of carbonyl (C=O) groups is 2. The lowest BCUT2D eigenvalue weighted by Crippen LogP contribution is -2.27. The normalized spacial score (nSPS) is 14.9. The Labute approximate surface area is 142 Å². The zero-order chi connectivity index (χ0) is 17.1. The molecule has 5 nitrogen and oxygen atoms in total. The Hall–Kier alpha value is -2.86. The largest absolute Gasteiger partial charge is 0.478 e. The third-order valence-electron chi connectivity index (χ3n) is 3.76. The number of rotatable bonds is 5. The summed E-state index contributed by atoms with van der Waals surface area (Å²) >= 11 is 1.35. The van der Waals surface area contributed by atoms with Crippen molar-refractivity contribution >= 4 is 23.3 Å². The van der Waals surface area contributed by atoms with Crippen LogP contribution in [-0.4, -0.2) is 27.1 Å². The lowest BCUT2D eigenvalue weighted by atomic mass is 9.88. The molecule has 2 heterocycles. The van der Waals surface area contributed by atoms with E-state index in [1.54, 1.807) is 17.0 Å². The summed E-state index contributed by atoms with van der Waals surface area (Å²) in [4.78, 5) is 25.8. The summed E-state index contributed by atoms with van der Waals surface area (Å²) in [7, 11) is 0. The monoisotopic (exact) mass is 341 g/mol. The fourth-order valence-electron chi connectivity index (χ4n) is 2.72. The van der Waals surface area contributed by atoms with Crippen LogP contribution < -0.4 is 0 Å². The maximum Gasteiger partial charge on any atom is 0.334 e. The molecule has 0 aliphatic carbocycles. The molecule has 0 radical (unpaired) electrons. The summed E-state index contributed by atoms with van der Waals surface area (Å²) in [6.45, 7) is 0.408. The van der Waals surface area contributed by atoms with Crippen molar-refractivity contribution in [3.8, 4) is 0 Å². The van der Waals surface area contributed by atoms with E-state index in [0.29, 0.717) is 11.4 Å². The number of benzene rings is 1. The van der Waals surface area contributed by atoms with Gasteiger partial charge in [-0.05, 0) is 17.0 Å². The molecule has 1 aliphatic heterocycles. The molecule has 1 aromatic heterocycles. The Morgan fingerprint density at radius 3 is 2.08 bits per heavy atom. The average molecular weight is 341 g/mol. The van der Waals surface area contributed by atoms with Crippen LogP contribution in [0.4, 0.5) is 0 Å². The van der Waals surface area contributed by atoms with E-state index in [4.69, 9.17) is 0 Å². The zero-order valence-corrected chi connectivity index (χ0v) is 13.4. The molecule has 122 valence electrons. The van der Waals surface area contributed by atoms with E-state index in [0.717, 1.165) is 5.56 Å². The molecule has 0 amide bonds. The van der Waals surface area contributed by atoms with Gasteiger partial charge in [-0.3, -0.25) is 0 Å². The number of carboxylic acids is 2. The molecule has 0 unspecified atom stereocenters. The Morgan fingerprint density at radius 2 is 1.58 bits per heavy atom.